The van der Waals surface area contributed by atoms with E-state index in [0.29, 0.717) is 16.7 Å². The van der Waals surface area contributed by atoms with Crippen molar-refractivity contribution < 1.29 is 14.3 Å². The molecular weight excluding hydrogens is 444 g/mol. The SMILES string of the molecule is N#Cc1cc2oc(=O)ccc2cc1N1CCN(CCCCc2c[nH]c3cc(C(=O)O)ccc23)CC1. The van der Waals surface area contributed by atoms with Crippen LogP contribution in [0.5, 0.6) is 0 Å². The second-order valence-corrected chi connectivity index (χ2v) is 8.94. The first-order valence-corrected chi connectivity index (χ1v) is 11.8. The van der Waals surface area contributed by atoms with Crippen LogP contribution in [0.2, 0.25) is 0 Å². The molecule has 2 aromatic carbocycles. The lowest BCUT2D eigenvalue weighted by Gasteiger charge is -2.36. The van der Waals surface area contributed by atoms with Gasteiger partial charge in [0.1, 0.15) is 11.7 Å². The summed E-state index contributed by atoms with van der Waals surface area (Å²) >= 11 is 0. The van der Waals surface area contributed by atoms with Crippen molar-refractivity contribution in [3.05, 3.63) is 75.8 Å². The van der Waals surface area contributed by atoms with Gasteiger partial charge in [-0.2, -0.15) is 5.26 Å². The predicted molar refractivity (Wildman–Crippen MR) is 134 cm³/mol. The van der Waals surface area contributed by atoms with Crippen LogP contribution in [0.4, 0.5) is 5.69 Å². The number of aryl methyl sites for hydroxylation is 1. The molecule has 1 saturated heterocycles. The highest BCUT2D eigenvalue weighted by molar-refractivity contribution is 5.94. The van der Waals surface area contributed by atoms with E-state index in [-0.39, 0.29) is 0 Å². The Morgan fingerprint density at radius 2 is 1.91 bits per heavy atom. The number of carboxylic acid groups (broad SMARTS) is 1. The van der Waals surface area contributed by atoms with Crippen LogP contribution in [-0.2, 0) is 6.42 Å². The molecule has 1 aliphatic rings. The van der Waals surface area contributed by atoms with Gasteiger partial charge in [-0.05, 0) is 55.6 Å². The molecule has 178 valence electrons. The van der Waals surface area contributed by atoms with Gasteiger partial charge in [-0.1, -0.05) is 6.07 Å². The van der Waals surface area contributed by atoms with Crippen LogP contribution in [0.1, 0.15) is 34.3 Å². The normalized spacial score (nSPS) is 14.4. The zero-order valence-corrected chi connectivity index (χ0v) is 19.3. The summed E-state index contributed by atoms with van der Waals surface area (Å²) in [4.78, 5) is 30.5. The van der Waals surface area contributed by atoms with E-state index in [1.54, 1.807) is 24.3 Å². The number of carbonyl (C=O) groups is 1. The number of piperazine rings is 1. The Bertz CT molecular complexity index is 1490. The van der Waals surface area contributed by atoms with Crippen LogP contribution in [0.25, 0.3) is 21.9 Å². The molecule has 3 heterocycles. The van der Waals surface area contributed by atoms with Crippen molar-refractivity contribution >= 4 is 33.5 Å². The molecule has 0 saturated carbocycles. The maximum atomic E-state index is 11.5. The summed E-state index contributed by atoms with van der Waals surface area (Å²) in [6, 6.07) is 14.2. The van der Waals surface area contributed by atoms with Gasteiger partial charge in [0.2, 0.25) is 0 Å². The quantitative estimate of drug-likeness (QED) is 0.310. The molecule has 8 nitrogen and oxygen atoms in total. The molecule has 1 fully saturated rings. The average Bonchev–Trinajstić information content (AvgIpc) is 3.28. The monoisotopic (exact) mass is 470 g/mol. The third kappa shape index (κ3) is 4.77. The largest absolute Gasteiger partial charge is 0.478 e. The van der Waals surface area contributed by atoms with E-state index < -0.39 is 11.6 Å². The fraction of sp³-hybridized carbons (Fsp3) is 0.296. The number of fused-ring (bicyclic) bond motifs is 2. The van der Waals surface area contributed by atoms with Crippen molar-refractivity contribution in [3.63, 3.8) is 0 Å². The lowest BCUT2D eigenvalue weighted by Crippen LogP contribution is -2.46. The summed E-state index contributed by atoms with van der Waals surface area (Å²) in [6.45, 7) is 4.56. The number of benzene rings is 2. The van der Waals surface area contributed by atoms with Crippen LogP contribution in [0.3, 0.4) is 0 Å². The van der Waals surface area contributed by atoms with Gasteiger partial charge in [-0.3, -0.25) is 4.90 Å². The highest BCUT2D eigenvalue weighted by atomic mass is 16.4. The number of nitrogens with zero attached hydrogens (tertiary/aromatic N) is 3. The Hall–Kier alpha value is -4.09. The van der Waals surface area contributed by atoms with E-state index in [2.05, 4.69) is 20.9 Å². The molecule has 5 rings (SSSR count). The molecule has 0 unspecified atom stereocenters. The van der Waals surface area contributed by atoms with E-state index in [1.165, 1.54) is 11.6 Å². The molecule has 8 heteroatoms. The van der Waals surface area contributed by atoms with Crippen LogP contribution in [0.15, 0.2) is 57.9 Å². The third-order valence-corrected chi connectivity index (χ3v) is 6.76. The minimum atomic E-state index is -0.916. The average molecular weight is 471 g/mol. The highest BCUT2D eigenvalue weighted by Gasteiger charge is 2.20. The summed E-state index contributed by atoms with van der Waals surface area (Å²) in [5.74, 6) is -0.916. The van der Waals surface area contributed by atoms with Crippen molar-refractivity contribution in [1.29, 1.82) is 5.26 Å². The molecule has 0 amide bonds. The van der Waals surface area contributed by atoms with E-state index >= 15 is 0 Å². The number of hydrogen-bond acceptors (Lipinski definition) is 6. The summed E-state index contributed by atoms with van der Waals surface area (Å²) in [5.41, 5.74) is 3.81. The molecule has 0 atom stereocenters. The first kappa shape index (κ1) is 22.7. The number of aromatic nitrogens is 1. The van der Waals surface area contributed by atoms with Gasteiger partial charge in [0.25, 0.3) is 0 Å². The molecule has 4 aromatic rings. The van der Waals surface area contributed by atoms with Gasteiger partial charge in [0.05, 0.1) is 16.8 Å². The number of anilines is 1. The van der Waals surface area contributed by atoms with Crippen LogP contribution in [0, 0.1) is 11.3 Å². The molecule has 1 aliphatic heterocycles. The van der Waals surface area contributed by atoms with E-state index in [9.17, 15) is 14.9 Å². The maximum Gasteiger partial charge on any atom is 0.336 e. The number of H-pyrrole nitrogens is 1. The molecule has 0 radical (unpaired) electrons. The number of hydrogen-bond donors (Lipinski definition) is 2. The van der Waals surface area contributed by atoms with Crippen molar-refractivity contribution in [2.75, 3.05) is 37.6 Å². The topological polar surface area (TPSA) is 114 Å². The van der Waals surface area contributed by atoms with Gasteiger partial charge in [0, 0.05) is 60.8 Å². The maximum absolute atomic E-state index is 11.5. The van der Waals surface area contributed by atoms with Gasteiger partial charge >= 0.3 is 11.6 Å². The second kappa shape index (κ2) is 9.65. The zero-order chi connectivity index (χ0) is 24.4. The molecule has 2 N–H and O–H groups in total. The molecular formula is C27H26N4O4. The third-order valence-electron chi connectivity index (χ3n) is 6.76. The fourth-order valence-corrected chi connectivity index (χ4v) is 4.84. The lowest BCUT2D eigenvalue weighted by molar-refractivity contribution is 0.0697. The first-order valence-electron chi connectivity index (χ1n) is 11.8. The Labute approximate surface area is 202 Å². The molecule has 2 aromatic heterocycles. The number of aromatic amines is 1. The van der Waals surface area contributed by atoms with Gasteiger partial charge < -0.3 is 19.4 Å². The Kier molecular flexibility index (Phi) is 6.25. The number of carboxylic acids is 1. The second-order valence-electron chi connectivity index (χ2n) is 8.94. The lowest BCUT2D eigenvalue weighted by atomic mass is 10.1. The summed E-state index contributed by atoms with van der Waals surface area (Å²) in [5, 5.41) is 20.7. The van der Waals surface area contributed by atoms with Crippen LogP contribution >= 0.6 is 0 Å². The minimum Gasteiger partial charge on any atom is -0.478 e. The Morgan fingerprint density at radius 3 is 2.69 bits per heavy atom. The van der Waals surface area contributed by atoms with Crippen molar-refractivity contribution in [3.8, 4) is 6.07 Å². The molecule has 0 spiro atoms. The predicted octanol–water partition coefficient (Wildman–Crippen LogP) is 3.99. The smallest absolute Gasteiger partial charge is 0.336 e. The highest BCUT2D eigenvalue weighted by Crippen LogP contribution is 2.27. The zero-order valence-electron chi connectivity index (χ0n) is 19.3. The summed E-state index contributed by atoms with van der Waals surface area (Å²) in [6.07, 6.45) is 5.07. The molecule has 0 bridgehead atoms. The minimum absolute atomic E-state index is 0.294. The standard InChI is InChI=1S/C27H26N4O4/c28-16-21-15-25-18(5-7-26(32)35-25)14-24(21)31-11-9-30(10-12-31)8-2-1-3-20-17-29-23-13-19(27(33)34)4-6-22(20)23/h4-7,13-15,17,29H,1-3,8-12H2,(H,33,34). The number of unbranched alkanes of at least 4 members (excludes halogenated alkanes) is 1. The van der Waals surface area contributed by atoms with Crippen LogP contribution < -0.4 is 10.5 Å². The van der Waals surface area contributed by atoms with Crippen molar-refractivity contribution in [2.45, 2.75) is 19.3 Å². The van der Waals surface area contributed by atoms with E-state index in [4.69, 9.17) is 9.52 Å². The van der Waals surface area contributed by atoms with Gasteiger partial charge in [-0.15, -0.1) is 0 Å². The summed E-state index contributed by atoms with van der Waals surface area (Å²) < 4.78 is 5.22. The van der Waals surface area contributed by atoms with E-state index in [0.717, 1.165) is 74.0 Å². The number of nitriles is 1. The Morgan fingerprint density at radius 1 is 1.09 bits per heavy atom. The molecule has 0 aliphatic carbocycles. The fourth-order valence-electron chi connectivity index (χ4n) is 4.84. The number of aromatic carboxylic acids is 1. The van der Waals surface area contributed by atoms with Gasteiger partial charge in [-0.25, -0.2) is 9.59 Å². The number of nitrogens with one attached hydrogen (secondary N) is 1. The van der Waals surface area contributed by atoms with Crippen LogP contribution in [-0.4, -0.2) is 53.7 Å². The number of rotatable bonds is 7. The summed E-state index contributed by atoms with van der Waals surface area (Å²) in [7, 11) is 0. The van der Waals surface area contributed by atoms with Crippen molar-refractivity contribution in [1.82, 2.24) is 9.88 Å². The van der Waals surface area contributed by atoms with E-state index in [1.807, 2.05) is 18.3 Å². The van der Waals surface area contributed by atoms with Crippen molar-refractivity contribution in [2.24, 2.45) is 0 Å². The van der Waals surface area contributed by atoms with Gasteiger partial charge in [0.15, 0.2) is 0 Å². The molecule has 35 heavy (non-hydrogen) atoms. The first-order chi connectivity index (χ1) is 17.0. The Balaban J connectivity index is 1.14.